The van der Waals surface area contributed by atoms with Crippen molar-refractivity contribution in [2.24, 2.45) is 0 Å². The first kappa shape index (κ1) is 22.9. The molecule has 0 aromatic rings. The predicted octanol–water partition coefficient (Wildman–Crippen LogP) is 5.80. The Labute approximate surface area is 149 Å². The molecule has 0 saturated heterocycles. The van der Waals surface area contributed by atoms with Crippen molar-refractivity contribution in [1.29, 1.82) is 0 Å². The second-order valence-corrected chi connectivity index (χ2v) is 25.5. The van der Waals surface area contributed by atoms with Crippen LogP contribution in [0.25, 0.3) is 0 Å². The summed E-state index contributed by atoms with van der Waals surface area (Å²) in [7, 11) is 0. The maximum absolute atomic E-state index is 4.28. The van der Waals surface area contributed by atoms with Gasteiger partial charge in [-0.2, -0.15) is 0 Å². The van der Waals surface area contributed by atoms with Gasteiger partial charge < -0.3 is 0 Å². The molecule has 0 spiro atoms. The zero-order chi connectivity index (χ0) is 17.7. The molecule has 0 amide bonds. The van der Waals surface area contributed by atoms with Gasteiger partial charge >= 0.3 is 150 Å². The molecule has 0 aliphatic heterocycles. The Hall–Kier alpha value is 1.86. The molecule has 0 aromatic heterocycles. The molecule has 0 aromatic carbocycles. The van der Waals surface area contributed by atoms with Gasteiger partial charge in [0.25, 0.3) is 0 Å². The van der Waals surface area contributed by atoms with Crippen LogP contribution < -0.4 is 4.86 Å². The van der Waals surface area contributed by atoms with E-state index in [1.54, 1.807) is 0 Å². The van der Waals surface area contributed by atoms with Crippen molar-refractivity contribution in [3.63, 3.8) is 0 Å². The van der Waals surface area contributed by atoms with Gasteiger partial charge in [0.1, 0.15) is 0 Å². The molecule has 1 N–H and O–H groups in total. The van der Waals surface area contributed by atoms with Gasteiger partial charge in [-0.3, -0.25) is 0 Å². The quantitative estimate of drug-likeness (QED) is 0.403. The number of nitrogens with one attached hydrogen (secondary N) is 1. The van der Waals surface area contributed by atoms with E-state index in [0.717, 1.165) is 0 Å². The predicted molar refractivity (Wildman–Crippen MR) is 107 cm³/mol. The molecule has 21 heavy (non-hydrogen) atoms. The first-order valence-electron chi connectivity index (χ1n) is 7.71. The third-order valence-corrected chi connectivity index (χ3v) is 30.7. The number of hydrogen-bond acceptors (Lipinski definition) is 1. The Bertz CT molecular complexity index is 388. The van der Waals surface area contributed by atoms with E-state index in [1.807, 2.05) is 0 Å². The second kappa shape index (κ2) is 6.30. The van der Waals surface area contributed by atoms with E-state index < -0.39 is 11.3 Å². The summed E-state index contributed by atoms with van der Waals surface area (Å²) in [5, 5.41) is 0.932. The zero-order valence-corrected chi connectivity index (χ0v) is 21.4. The fourth-order valence-corrected chi connectivity index (χ4v) is 20.2. The van der Waals surface area contributed by atoms with Crippen molar-refractivity contribution in [3.8, 4) is 0 Å². The summed E-state index contributed by atoms with van der Waals surface area (Å²) < 4.78 is 0. The van der Waals surface area contributed by atoms with Gasteiger partial charge in [0, 0.05) is 0 Å². The standard InChI is InChI=1S/C16H37NP2Se2/c1-13(2,3)18(20,14(4,5)6)17-19(21,15(7,8)9)16(10,11)12/h1-12H3,(H,17,20,21). The van der Waals surface area contributed by atoms with Gasteiger partial charge in [0.2, 0.25) is 0 Å². The summed E-state index contributed by atoms with van der Waals surface area (Å²) in [5.74, 6) is 0. The Morgan fingerprint density at radius 2 is 0.619 bits per heavy atom. The van der Waals surface area contributed by atoms with Crippen LogP contribution in [-0.4, -0.2) is 50.8 Å². The molecule has 0 heterocycles. The summed E-state index contributed by atoms with van der Waals surface area (Å²) in [6, 6.07) is 0. The molecule has 0 aliphatic carbocycles. The van der Waals surface area contributed by atoms with Crippen LogP contribution in [0.3, 0.4) is 0 Å². The van der Waals surface area contributed by atoms with Crippen LogP contribution in [-0.2, 0) is 0 Å². The molecule has 0 unspecified atom stereocenters. The molecule has 0 radical (unpaired) electrons. The second-order valence-electron chi connectivity index (χ2n) is 10.0. The molecule has 1 nitrogen and oxygen atoms in total. The minimum absolute atomic E-state index is 0.233. The van der Waals surface area contributed by atoms with Crippen LogP contribution in [0.5, 0.6) is 0 Å². The van der Waals surface area contributed by atoms with E-state index in [0.29, 0.717) is 0 Å². The van der Waals surface area contributed by atoms with Crippen LogP contribution in [0, 0.1) is 0 Å². The van der Waals surface area contributed by atoms with Gasteiger partial charge in [-0.25, -0.2) is 0 Å². The van der Waals surface area contributed by atoms with Gasteiger partial charge in [0.05, 0.1) is 0 Å². The molecule has 128 valence electrons. The number of rotatable bonds is 2. The number of hydrogen-bond donors (Lipinski definition) is 1. The van der Waals surface area contributed by atoms with Crippen LogP contribution in [0.2, 0.25) is 0 Å². The van der Waals surface area contributed by atoms with E-state index >= 15 is 0 Å². The van der Waals surface area contributed by atoms with Crippen molar-refractivity contribution >= 4 is 41.5 Å². The average Bonchev–Trinajstić information content (AvgIpc) is 2.09. The van der Waals surface area contributed by atoms with Crippen molar-refractivity contribution < 1.29 is 0 Å². The summed E-state index contributed by atoms with van der Waals surface area (Å²) in [4.78, 5) is 4.28. The monoisotopic (exact) mass is 465 g/mol. The van der Waals surface area contributed by atoms with E-state index in [-0.39, 0.29) is 20.6 Å². The average molecular weight is 463 g/mol. The van der Waals surface area contributed by atoms with Gasteiger partial charge in [-0.05, 0) is 0 Å². The van der Waals surface area contributed by atoms with Gasteiger partial charge in [-0.1, -0.05) is 0 Å². The normalized spacial score (nSPS) is 16.2. The Balaban J connectivity index is 6.31. The molecule has 0 aliphatic rings. The van der Waals surface area contributed by atoms with Crippen molar-refractivity contribution in [2.75, 3.05) is 0 Å². The fourth-order valence-electron chi connectivity index (χ4n) is 2.81. The van der Waals surface area contributed by atoms with Crippen molar-refractivity contribution in [2.45, 2.75) is 104 Å². The van der Waals surface area contributed by atoms with Crippen LogP contribution >= 0.6 is 11.3 Å². The van der Waals surface area contributed by atoms with E-state index in [4.69, 9.17) is 0 Å². The maximum atomic E-state index is 4.28. The van der Waals surface area contributed by atoms with E-state index in [2.05, 4.69) is 118 Å². The summed E-state index contributed by atoms with van der Waals surface area (Å²) in [6.07, 6.45) is 0. The Morgan fingerprint density at radius 3 is 0.714 bits per heavy atom. The van der Waals surface area contributed by atoms with E-state index in [1.165, 1.54) is 0 Å². The van der Waals surface area contributed by atoms with Gasteiger partial charge in [-0.15, -0.1) is 0 Å². The Kier molecular flexibility index (Phi) is 6.86. The van der Waals surface area contributed by atoms with Crippen molar-refractivity contribution in [1.82, 2.24) is 4.86 Å². The Morgan fingerprint density at radius 1 is 0.476 bits per heavy atom. The molecule has 0 fully saturated rings. The molecular formula is C16H37NP2Se2. The van der Waals surface area contributed by atoms with Crippen LogP contribution in [0.15, 0.2) is 0 Å². The molecule has 0 atom stereocenters. The first-order valence-corrected chi connectivity index (χ1v) is 15.7. The fraction of sp³-hybridized carbons (Fsp3) is 1.00. The zero-order valence-electron chi connectivity index (χ0n) is 16.2. The first-order chi connectivity index (χ1) is 8.71. The summed E-state index contributed by atoms with van der Waals surface area (Å²) in [5.41, 5.74) is -3.02. The molecule has 5 heteroatoms. The molecule has 0 saturated carbocycles. The van der Waals surface area contributed by atoms with E-state index in [9.17, 15) is 0 Å². The minimum atomic E-state index is -1.51. The van der Waals surface area contributed by atoms with Crippen molar-refractivity contribution in [3.05, 3.63) is 0 Å². The molecule has 0 rings (SSSR count). The summed E-state index contributed by atoms with van der Waals surface area (Å²) in [6.45, 7) is 28.6. The third kappa shape index (κ3) is 4.48. The SMILES string of the molecule is CC(C)(C)P(=[Se])(NP(=[Se])(C(C)(C)C)C(C)(C)C)C(C)(C)C. The topological polar surface area (TPSA) is 12.0 Å². The third-order valence-electron chi connectivity index (χ3n) is 4.06. The molecular weight excluding hydrogens is 426 g/mol. The molecule has 0 bridgehead atoms. The van der Waals surface area contributed by atoms with Crippen LogP contribution in [0.1, 0.15) is 83.1 Å². The van der Waals surface area contributed by atoms with Crippen LogP contribution in [0.4, 0.5) is 0 Å². The summed E-state index contributed by atoms with van der Waals surface area (Å²) >= 11 is 7.36. The van der Waals surface area contributed by atoms with Gasteiger partial charge in [0.15, 0.2) is 0 Å².